The summed E-state index contributed by atoms with van der Waals surface area (Å²) in [5, 5.41) is 3.25. The van der Waals surface area contributed by atoms with E-state index in [0.29, 0.717) is 10.5 Å². The lowest BCUT2D eigenvalue weighted by atomic mass is 9.90. The molecule has 1 heterocycles. The van der Waals surface area contributed by atoms with Crippen molar-refractivity contribution in [1.29, 1.82) is 0 Å². The van der Waals surface area contributed by atoms with Crippen LogP contribution in [0.3, 0.4) is 0 Å². The highest BCUT2D eigenvalue weighted by molar-refractivity contribution is 7.98. The molecule has 0 bridgehead atoms. The Hall–Kier alpha value is -0.610. The van der Waals surface area contributed by atoms with Gasteiger partial charge in [-0.3, -0.25) is 0 Å². The average Bonchev–Trinajstić information content (AvgIpc) is 2.69. The first-order valence-electron chi connectivity index (χ1n) is 5.35. The molecule has 0 saturated carbocycles. The minimum Gasteiger partial charge on any atom is -0.308 e. The standard InChI is InChI=1S/C12H15F2NS/c1-12(4-3-5-15-12)9-6-8(13)7-10(16-2)11(9)14/h6-7,15H,3-5H2,1-2H3. The van der Waals surface area contributed by atoms with Crippen LogP contribution in [0.1, 0.15) is 25.3 Å². The van der Waals surface area contributed by atoms with Crippen LogP contribution in [0.5, 0.6) is 0 Å². The summed E-state index contributed by atoms with van der Waals surface area (Å²) in [4.78, 5) is 0.380. The molecule has 88 valence electrons. The van der Waals surface area contributed by atoms with E-state index in [0.717, 1.165) is 19.4 Å². The Bertz CT molecular complexity index is 400. The Labute approximate surface area is 98.6 Å². The minimum atomic E-state index is -0.420. The highest BCUT2D eigenvalue weighted by Crippen LogP contribution is 2.35. The maximum absolute atomic E-state index is 14.1. The van der Waals surface area contributed by atoms with Crippen molar-refractivity contribution in [2.75, 3.05) is 12.8 Å². The molecule has 1 atom stereocenters. The first kappa shape index (κ1) is 11.9. The molecule has 1 N–H and O–H groups in total. The molecule has 1 fully saturated rings. The summed E-state index contributed by atoms with van der Waals surface area (Å²) in [6.07, 6.45) is 3.61. The summed E-state index contributed by atoms with van der Waals surface area (Å²) >= 11 is 1.24. The number of nitrogens with one attached hydrogen (secondary N) is 1. The van der Waals surface area contributed by atoms with Crippen molar-refractivity contribution < 1.29 is 8.78 Å². The largest absolute Gasteiger partial charge is 0.308 e. The first-order valence-corrected chi connectivity index (χ1v) is 6.58. The van der Waals surface area contributed by atoms with E-state index in [1.54, 1.807) is 6.26 Å². The maximum atomic E-state index is 14.1. The van der Waals surface area contributed by atoms with Crippen LogP contribution in [-0.2, 0) is 5.54 Å². The zero-order valence-corrected chi connectivity index (χ0v) is 10.3. The fourth-order valence-corrected chi connectivity index (χ4v) is 2.76. The quantitative estimate of drug-likeness (QED) is 0.800. The lowest BCUT2D eigenvalue weighted by Gasteiger charge is -2.26. The van der Waals surface area contributed by atoms with Crippen LogP contribution in [0, 0.1) is 11.6 Å². The van der Waals surface area contributed by atoms with Gasteiger partial charge in [-0.1, -0.05) is 0 Å². The van der Waals surface area contributed by atoms with Crippen LogP contribution < -0.4 is 5.32 Å². The Balaban J connectivity index is 2.51. The normalized spacial score (nSPS) is 25.0. The Morgan fingerprint density at radius 3 is 2.69 bits per heavy atom. The minimum absolute atomic E-state index is 0.286. The van der Waals surface area contributed by atoms with Gasteiger partial charge in [-0.15, -0.1) is 11.8 Å². The van der Waals surface area contributed by atoms with Crippen molar-refractivity contribution >= 4 is 11.8 Å². The van der Waals surface area contributed by atoms with Crippen molar-refractivity contribution in [3.63, 3.8) is 0 Å². The van der Waals surface area contributed by atoms with Gasteiger partial charge in [0, 0.05) is 16.0 Å². The molecule has 0 aliphatic carbocycles. The van der Waals surface area contributed by atoms with Gasteiger partial charge < -0.3 is 5.32 Å². The molecule has 1 aliphatic heterocycles. The smallest absolute Gasteiger partial charge is 0.141 e. The van der Waals surface area contributed by atoms with Gasteiger partial charge in [-0.2, -0.15) is 0 Å². The van der Waals surface area contributed by atoms with E-state index >= 15 is 0 Å². The van der Waals surface area contributed by atoms with Gasteiger partial charge >= 0.3 is 0 Å². The maximum Gasteiger partial charge on any atom is 0.141 e. The third-order valence-corrected chi connectivity index (χ3v) is 3.92. The van der Waals surface area contributed by atoms with Gasteiger partial charge in [-0.05, 0) is 44.7 Å². The number of rotatable bonds is 2. The van der Waals surface area contributed by atoms with Crippen LogP contribution in [0.2, 0.25) is 0 Å². The number of benzene rings is 1. The Kier molecular flexibility index (Phi) is 3.22. The lowest BCUT2D eigenvalue weighted by Crippen LogP contribution is -2.34. The first-order chi connectivity index (χ1) is 7.57. The van der Waals surface area contributed by atoms with Gasteiger partial charge in [0.05, 0.1) is 0 Å². The molecule has 1 aromatic carbocycles. The summed E-state index contributed by atoms with van der Waals surface area (Å²) in [5.74, 6) is -0.651. The van der Waals surface area contributed by atoms with Gasteiger partial charge in [0.15, 0.2) is 0 Å². The summed E-state index contributed by atoms with van der Waals surface area (Å²) in [6, 6.07) is 2.56. The third kappa shape index (κ3) is 1.96. The second kappa shape index (κ2) is 4.34. The van der Waals surface area contributed by atoms with E-state index in [1.165, 1.54) is 23.9 Å². The van der Waals surface area contributed by atoms with Crippen LogP contribution in [0.25, 0.3) is 0 Å². The lowest BCUT2D eigenvalue weighted by molar-refractivity contribution is 0.401. The van der Waals surface area contributed by atoms with Crippen LogP contribution in [0.15, 0.2) is 17.0 Å². The number of hydrogen-bond donors (Lipinski definition) is 1. The monoisotopic (exact) mass is 243 g/mol. The van der Waals surface area contributed by atoms with Crippen LogP contribution in [-0.4, -0.2) is 12.8 Å². The van der Waals surface area contributed by atoms with Crippen LogP contribution in [0.4, 0.5) is 8.78 Å². The molecule has 0 spiro atoms. The van der Waals surface area contributed by atoms with Gasteiger partial charge in [0.25, 0.3) is 0 Å². The highest BCUT2D eigenvalue weighted by atomic mass is 32.2. The van der Waals surface area contributed by atoms with Crippen molar-refractivity contribution in [2.24, 2.45) is 0 Å². The fraction of sp³-hybridized carbons (Fsp3) is 0.500. The highest BCUT2D eigenvalue weighted by Gasteiger charge is 2.33. The van der Waals surface area contributed by atoms with Gasteiger partial charge in [0.2, 0.25) is 0 Å². The number of hydrogen-bond acceptors (Lipinski definition) is 2. The van der Waals surface area contributed by atoms with Gasteiger partial charge in [0.1, 0.15) is 11.6 Å². The molecule has 1 unspecified atom stereocenters. The molecule has 16 heavy (non-hydrogen) atoms. The van der Waals surface area contributed by atoms with E-state index in [1.807, 2.05) is 6.92 Å². The van der Waals surface area contributed by atoms with E-state index in [2.05, 4.69) is 5.32 Å². The SMILES string of the molecule is CSc1cc(F)cc(C2(C)CCCN2)c1F. The van der Waals surface area contributed by atoms with Crippen molar-refractivity contribution in [3.8, 4) is 0 Å². The molecule has 0 radical (unpaired) electrons. The van der Waals surface area contributed by atoms with E-state index in [9.17, 15) is 8.78 Å². The molecule has 1 nitrogen and oxygen atoms in total. The Morgan fingerprint density at radius 1 is 1.38 bits per heavy atom. The second-order valence-corrected chi connectivity index (χ2v) is 5.18. The summed E-state index contributed by atoms with van der Waals surface area (Å²) < 4.78 is 27.5. The predicted molar refractivity (Wildman–Crippen MR) is 62.7 cm³/mol. The second-order valence-electron chi connectivity index (χ2n) is 4.33. The third-order valence-electron chi connectivity index (χ3n) is 3.19. The molecule has 2 rings (SSSR count). The van der Waals surface area contributed by atoms with Crippen molar-refractivity contribution in [2.45, 2.75) is 30.2 Å². The molecular formula is C12H15F2NS. The molecule has 4 heteroatoms. The number of thioether (sulfide) groups is 1. The summed E-state index contributed by atoms with van der Waals surface area (Å²) in [7, 11) is 0. The van der Waals surface area contributed by atoms with Crippen molar-refractivity contribution in [3.05, 3.63) is 29.3 Å². The predicted octanol–water partition coefficient (Wildman–Crippen LogP) is 3.29. The average molecular weight is 243 g/mol. The molecule has 1 saturated heterocycles. The molecular weight excluding hydrogens is 228 g/mol. The molecule has 1 aromatic rings. The topological polar surface area (TPSA) is 12.0 Å². The number of halogens is 2. The molecule has 0 amide bonds. The van der Waals surface area contributed by atoms with Gasteiger partial charge in [-0.25, -0.2) is 8.78 Å². The van der Waals surface area contributed by atoms with Crippen molar-refractivity contribution in [1.82, 2.24) is 5.32 Å². The Morgan fingerprint density at radius 2 is 2.12 bits per heavy atom. The van der Waals surface area contributed by atoms with E-state index in [4.69, 9.17) is 0 Å². The zero-order valence-electron chi connectivity index (χ0n) is 9.44. The zero-order chi connectivity index (χ0) is 11.8. The summed E-state index contributed by atoms with van der Waals surface area (Å²) in [5.41, 5.74) is 0.0331. The molecule has 1 aliphatic rings. The molecule has 0 aromatic heterocycles. The van der Waals surface area contributed by atoms with E-state index < -0.39 is 5.54 Å². The fourth-order valence-electron chi connectivity index (χ4n) is 2.24. The van der Waals surface area contributed by atoms with E-state index in [-0.39, 0.29) is 11.6 Å². The van der Waals surface area contributed by atoms with Crippen LogP contribution >= 0.6 is 11.8 Å². The summed E-state index contributed by atoms with van der Waals surface area (Å²) in [6.45, 7) is 2.79.